The van der Waals surface area contributed by atoms with Crippen molar-refractivity contribution < 1.29 is 20.1 Å². The Morgan fingerprint density at radius 3 is 1.66 bits per heavy atom. The van der Waals surface area contributed by atoms with Crippen LogP contribution in [0.25, 0.3) is 0 Å². The van der Waals surface area contributed by atoms with Crippen molar-refractivity contribution in [2.24, 2.45) is 0 Å². The minimum Gasteiger partial charge on any atom is -0.508 e. The number of aryl methyl sites for hydroxylation is 4. The summed E-state index contributed by atoms with van der Waals surface area (Å²) in [5.74, 6) is 0.325. The lowest BCUT2D eigenvalue weighted by molar-refractivity contribution is 0.318. The second-order valence-corrected chi connectivity index (χ2v) is 7.62. The molecule has 0 aliphatic rings. The van der Waals surface area contributed by atoms with Crippen molar-refractivity contribution in [1.29, 1.82) is 0 Å². The molecule has 0 saturated heterocycles. The van der Waals surface area contributed by atoms with Crippen LogP contribution in [0, 0.1) is 27.7 Å². The van der Waals surface area contributed by atoms with Crippen LogP contribution < -0.4 is 4.74 Å². The van der Waals surface area contributed by atoms with E-state index in [-0.39, 0.29) is 17.2 Å². The maximum atomic E-state index is 10.8. The highest BCUT2D eigenvalue weighted by molar-refractivity contribution is 5.60. The van der Waals surface area contributed by atoms with E-state index < -0.39 is 5.92 Å². The zero-order valence-electron chi connectivity index (χ0n) is 17.6. The molecule has 4 nitrogen and oxygen atoms in total. The van der Waals surface area contributed by atoms with Crippen molar-refractivity contribution >= 4 is 0 Å². The molecule has 152 valence electrons. The zero-order chi connectivity index (χ0) is 21.3. The van der Waals surface area contributed by atoms with Gasteiger partial charge in [-0.1, -0.05) is 18.2 Å². The van der Waals surface area contributed by atoms with E-state index in [1.165, 1.54) is 0 Å². The Bertz CT molecular complexity index is 949. The fourth-order valence-electron chi connectivity index (χ4n) is 4.13. The van der Waals surface area contributed by atoms with Gasteiger partial charge >= 0.3 is 0 Å². The van der Waals surface area contributed by atoms with E-state index in [4.69, 9.17) is 4.74 Å². The minimum atomic E-state index is -0.447. The van der Waals surface area contributed by atoms with Crippen molar-refractivity contribution in [3.63, 3.8) is 0 Å². The highest BCUT2D eigenvalue weighted by Gasteiger charge is 2.27. The lowest BCUT2D eigenvalue weighted by Gasteiger charge is -2.25. The number of benzene rings is 3. The molecule has 0 bridgehead atoms. The molecule has 0 unspecified atom stereocenters. The van der Waals surface area contributed by atoms with Crippen LogP contribution in [0.1, 0.15) is 51.8 Å². The number of rotatable bonds is 5. The molecule has 3 aromatic rings. The molecular weight excluding hydrogens is 364 g/mol. The normalized spacial score (nSPS) is 11.1. The first-order chi connectivity index (χ1) is 13.7. The molecule has 3 aromatic carbocycles. The van der Waals surface area contributed by atoms with E-state index in [1.54, 1.807) is 24.3 Å². The first-order valence-electron chi connectivity index (χ1n) is 9.78. The molecule has 0 atom stereocenters. The third kappa shape index (κ3) is 4.02. The predicted molar refractivity (Wildman–Crippen MR) is 115 cm³/mol. The van der Waals surface area contributed by atoms with Crippen molar-refractivity contribution in [2.45, 2.75) is 40.5 Å². The third-order valence-electron chi connectivity index (χ3n) is 5.21. The Morgan fingerprint density at radius 1 is 0.724 bits per heavy atom. The van der Waals surface area contributed by atoms with Crippen molar-refractivity contribution in [2.75, 3.05) is 6.61 Å². The molecular formula is C25H28O4. The molecule has 0 spiro atoms. The minimum absolute atomic E-state index is 0.0304. The van der Waals surface area contributed by atoms with Gasteiger partial charge in [0.2, 0.25) is 0 Å². The SMILES string of the molecule is CCOc1ccc(C(c2c(C)cc(C)cc2O)c2c(C)cc(C)cc2O)cc1O. The molecule has 0 aromatic heterocycles. The van der Waals surface area contributed by atoms with Crippen molar-refractivity contribution in [3.05, 3.63) is 81.4 Å². The van der Waals surface area contributed by atoms with Crippen LogP contribution in [-0.4, -0.2) is 21.9 Å². The molecule has 3 rings (SSSR count). The number of ether oxygens (including phenoxy) is 1. The van der Waals surface area contributed by atoms with E-state index in [2.05, 4.69) is 0 Å². The van der Waals surface area contributed by atoms with Gasteiger partial charge in [0.1, 0.15) is 11.5 Å². The first-order valence-corrected chi connectivity index (χ1v) is 9.78. The molecule has 29 heavy (non-hydrogen) atoms. The summed E-state index contributed by atoms with van der Waals surface area (Å²) < 4.78 is 5.46. The Balaban J connectivity index is 2.31. The van der Waals surface area contributed by atoms with Crippen LogP contribution in [0.3, 0.4) is 0 Å². The molecule has 0 amide bonds. The number of hydrogen-bond acceptors (Lipinski definition) is 4. The van der Waals surface area contributed by atoms with Crippen molar-refractivity contribution in [3.8, 4) is 23.0 Å². The average molecular weight is 392 g/mol. The van der Waals surface area contributed by atoms with Gasteiger partial charge in [-0.25, -0.2) is 0 Å². The van der Waals surface area contributed by atoms with E-state index in [1.807, 2.05) is 52.8 Å². The maximum absolute atomic E-state index is 10.8. The maximum Gasteiger partial charge on any atom is 0.160 e. The van der Waals surface area contributed by atoms with Crippen LogP contribution in [-0.2, 0) is 0 Å². The first kappa shape index (κ1) is 20.6. The summed E-state index contributed by atoms with van der Waals surface area (Å²) in [6, 6.07) is 12.7. The van der Waals surface area contributed by atoms with Crippen LogP contribution >= 0.6 is 0 Å². The van der Waals surface area contributed by atoms with E-state index in [9.17, 15) is 15.3 Å². The molecule has 0 radical (unpaired) electrons. The fourth-order valence-corrected chi connectivity index (χ4v) is 4.13. The summed E-state index contributed by atoms with van der Waals surface area (Å²) in [6.45, 7) is 10.1. The highest BCUT2D eigenvalue weighted by Crippen LogP contribution is 2.45. The van der Waals surface area contributed by atoms with E-state index in [0.29, 0.717) is 23.5 Å². The van der Waals surface area contributed by atoms with Gasteiger partial charge in [0.15, 0.2) is 11.5 Å². The smallest absolute Gasteiger partial charge is 0.160 e. The number of hydrogen-bond donors (Lipinski definition) is 3. The summed E-state index contributed by atoms with van der Waals surface area (Å²) in [5.41, 5.74) is 5.93. The molecule has 3 N–H and O–H groups in total. The summed E-state index contributed by atoms with van der Waals surface area (Å²) in [6.07, 6.45) is 0. The molecule has 4 heteroatoms. The summed E-state index contributed by atoms with van der Waals surface area (Å²) >= 11 is 0. The lowest BCUT2D eigenvalue weighted by atomic mass is 9.79. The van der Waals surface area contributed by atoms with Crippen LogP contribution in [0.15, 0.2) is 42.5 Å². The highest BCUT2D eigenvalue weighted by atomic mass is 16.5. The van der Waals surface area contributed by atoms with Crippen molar-refractivity contribution in [1.82, 2.24) is 0 Å². The van der Waals surface area contributed by atoms with Crippen LogP contribution in [0.5, 0.6) is 23.0 Å². The molecule has 0 aliphatic carbocycles. The Morgan fingerprint density at radius 2 is 1.24 bits per heavy atom. The quantitative estimate of drug-likeness (QED) is 0.493. The third-order valence-corrected chi connectivity index (χ3v) is 5.21. The summed E-state index contributed by atoms with van der Waals surface area (Å²) in [5, 5.41) is 32.2. The second kappa shape index (κ2) is 8.08. The van der Waals surface area contributed by atoms with Gasteiger partial charge in [-0.2, -0.15) is 0 Å². The summed E-state index contributed by atoms with van der Waals surface area (Å²) in [7, 11) is 0. The monoisotopic (exact) mass is 392 g/mol. The summed E-state index contributed by atoms with van der Waals surface area (Å²) in [4.78, 5) is 0. The number of phenols is 3. The largest absolute Gasteiger partial charge is 0.508 e. The van der Waals surface area contributed by atoms with E-state index in [0.717, 1.165) is 27.8 Å². The fraction of sp³-hybridized carbons (Fsp3) is 0.280. The van der Waals surface area contributed by atoms with Gasteiger partial charge in [-0.15, -0.1) is 0 Å². The number of aromatic hydroxyl groups is 3. The molecule has 0 saturated carbocycles. The van der Waals surface area contributed by atoms with Gasteiger partial charge in [-0.05, 0) is 86.7 Å². The van der Waals surface area contributed by atoms with Gasteiger partial charge in [0.05, 0.1) is 6.61 Å². The van der Waals surface area contributed by atoms with Crippen LogP contribution in [0.4, 0.5) is 0 Å². The second-order valence-electron chi connectivity index (χ2n) is 7.62. The van der Waals surface area contributed by atoms with Crippen LogP contribution in [0.2, 0.25) is 0 Å². The lowest BCUT2D eigenvalue weighted by Crippen LogP contribution is -2.09. The molecule has 0 heterocycles. The van der Waals surface area contributed by atoms with Gasteiger partial charge in [0.25, 0.3) is 0 Å². The molecule has 0 aliphatic heterocycles. The Kier molecular flexibility index (Phi) is 5.73. The number of phenolic OH excluding ortho intramolecular Hbond substituents is 3. The average Bonchev–Trinajstić information content (AvgIpc) is 2.60. The predicted octanol–water partition coefficient (Wildman–Crippen LogP) is 5.62. The van der Waals surface area contributed by atoms with Gasteiger partial charge in [0, 0.05) is 17.0 Å². The Labute approximate surface area is 172 Å². The van der Waals surface area contributed by atoms with Gasteiger partial charge < -0.3 is 20.1 Å². The van der Waals surface area contributed by atoms with E-state index >= 15 is 0 Å². The topological polar surface area (TPSA) is 69.9 Å². The standard InChI is InChI=1S/C25H28O4/c1-6-29-22-8-7-18(13-19(22)26)25(23-16(4)9-14(2)11-20(23)27)24-17(5)10-15(3)12-21(24)28/h7-13,25-28H,6H2,1-5H3. The molecule has 0 fully saturated rings. The van der Waals surface area contributed by atoms with Gasteiger partial charge in [-0.3, -0.25) is 0 Å². The Hall–Kier alpha value is -3.14. The zero-order valence-corrected chi connectivity index (χ0v) is 17.6.